The summed E-state index contributed by atoms with van der Waals surface area (Å²) in [5.41, 5.74) is 3.63. The zero-order chi connectivity index (χ0) is 25.6. The molecule has 0 heterocycles. The fraction of sp³-hybridized carbons (Fsp3) is 0.167. The SMILES string of the molecule is CC(C)c1ccc(N(CC(=O)N/N=C\c2cc([N+](=O)[O-])ccc2Cl)S(=O)(=O)c2ccccc2)cc1. The first kappa shape index (κ1) is 25.9. The number of nitro benzene ring substituents is 1. The number of sulfonamides is 1. The molecule has 1 amide bonds. The molecule has 0 aliphatic carbocycles. The van der Waals surface area contributed by atoms with Crippen molar-refractivity contribution in [1.82, 2.24) is 5.43 Å². The van der Waals surface area contributed by atoms with Gasteiger partial charge in [-0.1, -0.05) is 55.8 Å². The first-order valence-corrected chi connectivity index (χ1v) is 12.3. The quantitative estimate of drug-likeness (QED) is 0.251. The molecule has 1 N–H and O–H groups in total. The van der Waals surface area contributed by atoms with Crippen molar-refractivity contribution in [2.75, 3.05) is 10.8 Å². The molecule has 0 bridgehead atoms. The Hall–Kier alpha value is -3.76. The Morgan fingerprint density at radius 2 is 1.77 bits per heavy atom. The van der Waals surface area contributed by atoms with E-state index in [1.54, 1.807) is 30.3 Å². The zero-order valence-electron chi connectivity index (χ0n) is 19.0. The largest absolute Gasteiger partial charge is 0.271 e. The lowest BCUT2D eigenvalue weighted by atomic mass is 10.0. The summed E-state index contributed by atoms with van der Waals surface area (Å²) in [5, 5.41) is 14.9. The van der Waals surface area contributed by atoms with Gasteiger partial charge in [0.05, 0.1) is 21.7 Å². The van der Waals surface area contributed by atoms with Crippen molar-refractivity contribution in [3.8, 4) is 0 Å². The molecule has 0 fully saturated rings. The second-order valence-electron chi connectivity index (χ2n) is 7.83. The van der Waals surface area contributed by atoms with Crippen LogP contribution in [0.25, 0.3) is 0 Å². The number of rotatable bonds is 9. The molecule has 0 spiro atoms. The lowest BCUT2D eigenvalue weighted by molar-refractivity contribution is -0.384. The van der Waals surface area contributed by atoms with E-state index in [-0.39, 0.29) is 27.1 Å². The van der Waals surface area contributed by atoms with Gasteiger partial charge in [0, 0.05) is 22.7 Å². The number of benzene rings is 3. The van der Waals surface area contributed by atoms with E-state index in [9.17, 15) is 23.3 Å². The minimum absolute atomic E-state index is 0.0348. The predicted molar refractivity (Wildman–Crippen MR) is 135 cm³/mol. The van der Waals surface area contributed by atoms with Crippen molar-refractivity contribution >= 4 is 45.1 Å². The lowest BCUT2D eigenvalue weighted by Gasteiger charge is -2.24. The van der Waals surface area contributed by atoms with Crippen LogP contribution in [0.4, 0.5) is 11.4 Å². The Balaban J connectivity index is 1.85. The highest BCUT2D eigenvalue weighted by atomic mass is 35.5. The first-order valence-electron chi connectivity index (χ1n) is 10.5. The number of carbonyl (C=O) groups is 1. The van der Waals surface area contributed by atoms with Crippen LogP contribution >= 0.6 is 11.6 Å². The third kappa shape index (κ3) is 6.43. The van der Waals surface area contributed by atoms with Crippen molar-refractivity contribution in [2.45, 2.75) is 24.7 Å². The van der Waals surface area contributed by atoms with Crippen molar-refractivity contribution in [1.29, 1.82) is 0 Å². The van der Waals surface area contributed by atoms with E-state index in [0.717, 1.165) is 16.1 Å². The van der Waals surface area contributed by atoms with Gasteiger partial charge in [-0.25, -0.2) is 13.8 Å². The smallest absolute Gasteiger partial charge is 0.270 e. The summed E-state index contributed by atoms with van der Waals surface area (Å²) in [6, 6.07) is 18.5. The number of anilines is 1. The molecule has 3 aromatic rings. The number of carbonyl (C=O) groups excluding carboxylic acids is 1. The van der Waals surface area contributed by atoms with Crippen LogP contribution in [0.15, 0.2) is 82.8 Å². The van der Waals surface area contributed by atoms with E-state index in [2.05, 4.69) is 10.5 Å². The van der Waals surface area contributed by atoms with Crippen LogP contribution in [0.1, 0.15) is 30.9 Å². The maximum absolute atomic E-state index is 13.4. The Morgan fingerprint density at radius 3 is 2.37 bits per heavy atom. The van der Waals surface area contributed by atoms with Gasteiger partial charge in [0.15, 0.2) is 0 Å². The predicted octanol–water partition coefficient (Wildman–Crippen LogP) is 4.72. The first-order chi connectivity index (χ1) is 16.6. The molecule has 0 atom stereocenters. The average molecular weight is 515 g/mol. The maximum Gasteiger partial charge on any atom is 0.270 e. The van der Waals surface area contributed by atoms with Gasteiger partial charge in [-0.05, 0) is 41.8 Å². The standard InChI is InChI=1S/C24H23ClN4O5S/c1-17(2)18-8-10-20(11-9-18)28(35(33,34)22-6-4-3-5-7-22)16-24(30)27-26-15-19-14-21(29(31)32)12-13-23(19)25/h3-15,17H,16H2,1-2H3,(H,27,30)/b26-15-. The highest BCUT2D eigenvalue weighted by molar-refractivity contribution is 7.92. The topological polar surface area (TPSA) is 122 Å². The second-order valence-corrected chi connectivity index (χ2v) is 10.1. The van der Waals surface area contributed by atoms with Gasteiger partial charge in [-0.3, -0.25) is 19.2 Å². The van der Waals surface area contributed by atoms with Gasteiger partial charge in [-0.2, -0.15) is 5.10 Å². The second kappa shape index (κ2) is 11.1. The highest BCUT2D eigenvalue weighted by Crippen LogP contribution is 2.26. The van der Waals surface area contributed by atoms with E-state index in [4.69, 9.17) is 11.6 Å². The Morgan fingerprint density at radius 1 is 1.11 bits per heavy atom. The summed E-state index contributed by atoms with van der Waals surface area (Å²) in [4.78, 5) is 23.1. The molecule has 0 saturated heterocycles. The molecule has 0 aliphatic heterocycles. The number of amides is 1. The number of non-ortho nitro benzene ring substituents is 1. The highest BCUT2D eigenvalue weighted by Gasteiger charge is 2.27. The van der Waals surface area contributed by atoms with Gasteiger partial charge >= 0.3 is 0 Å². The number of hydrazone groups is 1. The van der Waals surface area contributed by atoms with E-state index in [0.29, 0.717) is 5.69 Å². The summed E-state index contributed by atoms with van der Waals surface area (Å²) in [7, 11) is -4.06. The van der Waals surface area contributed by atoms with Crippen LogP contribution in [0.3, 0.4) is 0 Å². The molecule has 9 nitrogen and oxygen atoms in total. The van der Waals surface area contributed by atoms with Gasteiger partial charge in [0.2, 0.25) is 0 Å². The van der Waals surface area contributed by atoms with E-state index in [1.807, 2.05) is 26.0 Å². The Labute approximate surface area is 208 Å². The van der Waals surface area contributed by atoms with Gasteiger partial charge in [0.1, 0.15) is 6.54 Å². The van der Waals surface area contributed by atoms with E-state index in [1.165, 1.54) is 30.3 Å². The molecular weight excluding hydrogens is 492 g/mol. The number of hydrogen-bond donors (Lipinski definition) is 1. The van der Waals surface area contributed by atoms with Crippen molar-refractivity contribution in [3.05, 3.63) is 99.1 Å². The summed E-state index contributed by atoms with van der Waals surface area (Å²) < 4.78 is 27.7. The van der Waals surface area contributed by atoms with Crippen molar-refractivity contribution in [3.63, 3.8) is 0 Å². The number of nitrogens with zero attached hydrogens (tertiary/aromatic N) is 3. The summed E-state index contributed by atoms with van der Waals surface area (Å²) >= 11 is 6.03. The lowest BCUT2D eigenvalue weighted by Crippen LogP contribution is -2.39. The Kier molecular flexibility index (Phi) is 8.21. The maximum atomic E-state index is 13.4. The number of nitrogens with one attached hydrogen (secondary N) is 1. The summed E-state index contributed by atoms with van der Waals surface area (Å²) in [6.07, 6.45) is 1.15. The van der Waals surface area contributed by atoms with Crippen LogP contribution in [0, 0.1) is 10.1 Å². The number of hydrogen-bond acceptors (Lipinski definition) is 6. The summed E-state index contributed by atoms with van der Waals surface area (Å²) in [5.74, 6) is -0.461. The van der Waals surface area contributed by atoms with Gasteiger partial charge < -0.3 is 0 Å². The van der Waals surface area contributed by atoms with Crippen molar-refractivity contribution in [2.24, 2.45) is 5.10 Å². The average Bonchev–Trinajstić information content (AvgIpc) is 2.84. The Bertz CT molecular complexity index is 1340. The number of nitro groups is 1. The van der Waals surface area contributed by atoms with Crippen LogP contribution < -0.4 is 9.73 Å². The molecule has 3 rings (SSSR count). The molecule has 182 valence electrons. The molecule has 11 heteroatoms. The molecule has 3 aromatic carbocycles. The minimum atomic E-state index is -4.06. The third-order valence-corrected chi connectivity index (χ3v) is 7.18. The van der Waals surface area contributed by atoms with E-state index >= 15 is 0 Å². The van der Waals surface area contributed by atoms with Crippen molar-refractivity contribution < 1.29 is 18.1 Å². The molecule has 0 saturated carbocycles. The van der Waals surface area contributed by atoms with E-state index < -0.39 is 27.4 Å². The normalized spacial score (nSPS) is 11.5. The fourth-order valence-corrected chi connectivity index (χ4v) is 4.75. The molecule has 35 heavy (non-hydrogen) atoms. The van der Waals surface area contributed by atoms with Crippen LogP contribution in [-0.2, 0) is 14.8 Å². The fourth-order valence-electron chi connectivity index (χ4n) is 3.14. The zero-order valence-corrected chi connectivity index (χ0v) is 20.5. The molecule has 0 aromatic heterocycles. The third-order valence-electron chi connectivity index (χ3n) is 5.05. The molecule has 0 aliphatic rings. The molecule has 0 radical (unpaired) electrons. The summed E-state index contributed by atoms with van der Waals surface area (Å²) in [6.45, 7) is 3.50. The molecule has 0 unspecified atom stereocenters. The van der Waals surface area contributed by atoms with Crippen LogP contribution in [0.5, 0.6) is 0 Å². The van der Waals surface area contributed by atoms with Crippen LogP contribution in [-0.4, -0.2) is 32.0 Å². The van der Waals surface area contributed by atoms with Gasteiger partial charge in [0.25, 0.3) is 21.6 Å². The van der Waals surface area contributed by atoms with Gasteiger partial charge in [-0.15, -0.1) is 0 Å². The number of halogens is 1. The molecular formula is C24H23ClN4O5S. The van der Waals surface area contributed by atoms with Crippen LogP contribution in [0.2, 0.25) is 5.02 Å². The monoisotopic (exact) mass is 514 g/mol. The minimum Gasteiger partial charge on any atom is -0.271 e.